The number of nitro groups is 1. The average molecular weight is 468 g/mol. The molecule has 1 fully saturated rings. The molecule has 8 nitrogen and oxygen atoms in total. The van der Waals surface area contributed by atoms with Crippen LogP contribution in [0, 0.1) is 22.0 Å². The quantitative estimate of drug-likeness (QED) is 0.245. The molecular formula is C27H20N2O6. The first-order chi connectivity index (χ1) is 17.0. The second kappa shape index (κ2) is 7.87. The number of carbonyl (C=O) groups excluding carboxylic acids is 3. The number of non-ortho nitro benzene ring substituents is 1. The van der Waals surface area contributed by atoms with Crippen LogP contribution in [0.15, 0.2) is 72.8 Å². The maximum Gasteiger partial charge on any atom is 0.338 e. The lowest BCUT2D eigenvalue weighted by Gasteiger charge is -2.45. The molecule has 1 aliphatic heterocycles. The minimum Gasteiger partial charge on any atom is -0.460 e. The second-order valence-electron chi connectivity index (χ2n) is 9.03. The highest BCUT2D eigenvalue weighted by molar-refractivity contribution is 6.07. The first kappa shape index (κ1) is 21.2. The highest BCUT2D eigenvalue weighted by Crippen LogP contribution is 2.60. The van der Waals surface area contributed by atoms with Crippen LogP contribution < -0.4 is 0 Å². The molecule has 2 bridgehead atoms. The van der Waals surface area contributed by atoms with Crippen molar-refractivity contribution in [3.63, 3.8) is 0 Å². The molecule has 3 aromatic rings. The summed E-state index contributed by atoms with van der Waals surface area (Å²) >= 11 is 0. The topological polar surface area (TPSA) is 107 Å². The van der Waals surface area contributed by atoms with E-state index in [1.165, 1.54) is 29.2 Å². The van der Waals surface area contributed by atoms with Gasteiger partial charge in [0.1, 0.15) is 6.61 Å². The number of imide groups is 1. The second-order valence-corrected chi connectivity index (χ2v) is 9.03. The van der Waals surface area contributed by atoms with Crippen molar-refractivity contribution in [2.24, 2.45) is 11.8 Å². The van der Waals surface area contributed by atoms with Crippen LogP contribution in [-0.4, -0.2) is 40.8 Å². The highest BCUT2D eigenvalue weighted by Gasteiger charge is 2.61. The van der Waals surface area contributed by atoms with Gasteiger partial charge in [0.05, 0.1) is 28.9 Å². The van der Waals surface area contributed by atoms with Gasteiger partial charge in [-0.15, -0.1) is 0 Å². The molecule has 0 saturated carbocycles. The lowest BCUT2D eigenvalue weighted by Crippen LogP contribution is -2.41. The Balaban J connectivity index is 1.22. The van der Waals surface area contributed by atoms with E-state index in [0.717, 1.165) is 22.3 Å². The molecule has 0 spiro atoms. The van der Waals surface area contributed by atoms with Gasteiger partial charge in [0.25, 0.3) is 5.69 Å². The maximum atomic E-state index is 13.5. The highest BCUT2D eigenvalue weighted by atomic mass is 16.6. The largest absolute Gasteiger partial charge is 0.460 e. The van der Waals surface area contributed by atoms with Crippen LogP contribution in [0.4, 0.5) is 5.69 Å². The molecule has 35 heavy (non-hydrogen) atoms. The third kappa shape index (κ3) is 3.10. The number of esters is 1. The van der Waals surface area contributed by atoms with Gasteiger partial charge in [-0.2, -0.15) is 0 Å². The van der Waals surface area contributed by atoms with E-state index < -0.39 is 22.7 Å². The van der Waals surface area contributed by atoms with Crippen LogP contribution in [0.2, 0.25) is 0 Å². The van der Waals surface area contributed by atoms with E-state index in [9.17, 15) is 24.5 Å². The molecule has 0 radical (unpaired) electrons. The fourth-order valence-corrected chi connectivity index (χ4v) is 5.99. The summed E-state index contributed by atoms with van der Waals surface area (Å²) in [6.07, 6.45) is 0. The zero-order chi connectivity index (χ0) is 24.3. The molecule has 8 heteroatoms. The van der Waals surface area contributed by atoms with E-state index in [1.54, 1.807) is 0 Å². The van der Waals surface area contributed by atoms with E-state index >= 15 is 0 Å². The number of likely N-dealkylation sites (tertiary alicyclic amines) is 1. The van der Waals surface area contributed by atoms with Gasteiger partial charge in [0.15, 0.2) is 0 Å². The van der Waals surface area contributed by atoms with Crippen molar-refractivity contribution in [1.82, 2.24) is 4.90 Å². The van der Waals surface area contributed by atoms with Gasteiger partial charge in [-0.25, -0.2) is 4.79 Å². The van der Waals surface area contributed by atoms with Crippen LogP contribution in [-0.2, 0) is 14.3 Å². The van der Waals surface area contributed by atoms with Crippen molar-refractivity contribution in [2.45, 2.75) is 11.8 Å². The molecule has 0 aromatic heterocycles. The van der Waals surface area contributed by atoms with Gasteiger partial charge in [-0.1, -0.05) is 48.5 Å². The number of ether oxygens (including phenoxy) is 1. The van der Waals surface area contributed by atoms with Crippen molar-refractivity contribution < 1.29 is 24.0 Å². The Morgan fingerprint density at radius 2 is 1.26 bits per heavy atom. The monoisotopic (exact) mass is 468 g/mol. The number of hydrogen-bond donors (Lipinski definition) is 0. The fourth-order valence-electron chi connectivity index (χ4n) is 5.99. The van der Waals surface area contributed by atoms with E-state index in [-0.39, 0.29) is 48.1 Å². The van der Waals surface area contributed by atoms with Crippen LogP contribution in [0.5, 0.6) is 0 Å². The molecule has 7 rings (SSSR count). The summed E-state index contributed by atoms with van der Waals surface area (Å²) in [7, 11) is 0. The summed E-state index contributed by atoms with van der Waals surface area (Å²) in [5.74, 6) is -2.43. The lowest BCUT2D eigenvalue weighted by molar-refractivity contribution is -0.384. The van der Waals surface area contributed by atoms with Crippen LogP contribution in [0.3, 0.4) is 0 Å². The molecule has 2 atom stereocenters. The molecule has 3 aliphatic carbocycles. The predicted molar refractivity (Wildman–Crippen MR) is 124 cm³/mol. The predicted octanol–water partition coefficient (Wildman–Crippen LogP) is 3.64. The minimum atomic E-state index is -0.670. The van der Waals surface area contributed by atoms with Crippen molar-refractivity contribution in [3.05, 3.63) is 111 Å². The van der Waals surface area contributed by atoms with Crippen molar-refractivity contribution in [2.75, 3.05) is 13.2 Å². The zero-order valence-electron chi connectivity index (χ0n) is 18.5. The molecule has 2 amide bonds. The average Bonchev–Trinajstić information content (AvgIpc) is 3.14. The molecule has 1 heterocycles. The molecule has 0 unspecified atom stereocenters. The summed E-state index contributed by atoms with van der Waals surface area (Å²) in [6, 6.07) is 21.1. The SMILES string of the molecule is O=C(OCCN1C(=O)[C@H]2C3c4ccccc4C(c4ccccc43)[C@@H]2C1=O)c1ccc([N+](=O)[O-])cc1. The van der Waals surface area contributed by atoms with Gasteiger partial charge in [-0.05, 0) is 34.4 Å². The number of rotatable bonds is 5. The normalized spacial score (nSPS) is 23.5. The third-order valence-corrected chi connectivity index (χ3v) is 7.40. The summed E-state index contributed by atoms with van der Waals surface area (Å²) in [6.45, 7) is -0.183. The van der Waals surface area contributed by atoms with Gasteiger partial charge in [0, 0.05) is 24.0 Å². The van der Waals surface area contributed by atoms with E-state index in [2.05, 4.69) is 0 Å². The van der Waals surface area contributed by atoms with Crippen molar-refractivity contribution >= 4 is 23.5 Å². The minimum absolute atomic E-state index is 0.0322. The Bertz CT molecular complexity index is 1280. The molecule has 174 valence electrons. The van der Waals surface area contributed by atoms with Crippen molar-refractivity contribution in [1.29, 1.82) is 0 Å². The third-order valence-electron chi connectivity index (χ3n) is 7.40. The zero-order valence-corrected chi connectivity index (χ0v) is 18.5. The summed E-state index contributed by atoms with van der Waals surface area (Å²) in [4.78, 5) is 50.8. The molecule has 4 aliphatic rings. The summed E-state index contributed by atoms with van der Waals surface area (Å²) in [5, 5.41) is 10.8. The number of nitrogens with zero attached hydrogens (tertiary/aromatic N) is 2. The molecule has 3 aromatic carbocycles. The van der Waals surface area contributed by atoms with Crippen molar-refractivity contribution in [3.8, 4) is 0 Å². The van der Waals surface area contributed by atoms with Gasteiger partial charge in [-0.3, -0.25) is 24.6 Å². The van der Waals surface area contributed by atoms with E-state index in [0.29, 0.717) is 0 Å². The van der Waals surface area contributed by atoms with Crippen LogP contribution >= 0.6 is 0 Å². The number of hydrogen-bond acceptors (Lipinski definition) is 6. The van der Waals surface area contributed by atoms with Gasteiger partial charge >= 0.3 is 5.97 Å². The standard InChI is InChI=1S/C27H20N2O6/c30-25-23-21-17-5-1-2-6-18(17)22(20-8-4-3-7-19(20)21)24(23)26(31)28(25)13-14-35-27(32)15-9-11-16(12-10-15)29(33)34/h1-12,21-24H,13-14H2/t21?,22?,23-,24-/m0/s1. The number of amides is 2. The van der Waals surface area contributed by atoms with Gasteiger partial charge < -0.3 is 4.74 Å². The maximum absolute atomic E-state index is 13.5. The Morgan fingerprint density at radius 1 is 0.800 bits per heavy atom. The van der Waals surface area contributed by atoms with Gasteiger partial charge in [0.2, 0.25) is 11.8 Å². The smallest absolute Gasteiger partial charge is 0.338 e. The number of nitro benzene ring substituents is 1. The Kier molecular flexibility index (Phi) is 4.77. The molecule has 0 N–H and O–H groups in total. The first-order valence-corrected chi connectivity index (χ1v) is 11.4. The summed E-state index contributed by atoms with van der Waals surface area (Å²) in [5.41, 5.74) is 4.44. The first-order valence-electron chi connectivity index (χ1n) is 11.4. The fraction of sp³-hybridized carbons (Fsp3) is 0.222. The Hall–Kier alpha value is -4.33. The Labute approximate surface area is 200 Å². The lowest BCUT2D eigenvalue weighted by atomic mass is 9.55. The number of benzene rings is 3. The number of carbonyl (C=O) groups is 3. The molecule has 1 saturated heterocycles. The van der Waals surface area contributed by atoms with Crippen LogP contribution in [0.25, 0.3) is 0 Å². The summed E-state index contributed by atoms with van der Waals surface area (Å²) < 4.78 is 5.28. The van der Waals surface area contributed by atoms with E-state index in [1.807, 2.05) is 48.5 Å². The van der Waals surface area contributed by atoms with Crippen LogP contribution in [0.1, 0.15) is 44.4 Å². The molecular weight excluding hydrogens is 448 g/mol. The van der Waals surface area contributed by atoms with E-state index in [4.69, 9.17) is 4.74 Å². The Morgan fingerprint density at radius 3 is 1.69 bits per heavy atom.